The van der Waals surface area contributed by atoms with Crippen molar-refractivity contribution in [2.45, 2.75) is 32.7 Å². The van der Waals surface area contributed by atoms with E-state index in [0.717, 1.165) is 16.4 Å². The summed E-state index contributed by atoms with van der Waals surface area (Å²) < 4.78 is 5.20. The van der Waals surface area contributed by atoms with Gasteiger partial charge >= 0.3 is 0 Å². The molecule has 0 saturated carbocycles. The summed E-state index contributed by atoms with van der Waals surface area (Å²) in [6, 6.07) is 5.64. The van der Waals surface area contributed by atoms with Crippen molar-refractivity contribution in [3.8, 4) is 5.75 Å². The molecule has 0 aliphatic carbocycles. The molecule has 0 atom stereocenters. The van der Waals surface area contributed by atoms with E-state index in [0.29, 0.717) is 17.3 Å². The van der Waals surface area contributed by atoms with E-state index in [1.165, 1.54) is 0 Å². The van der Waals surface area contributed by atoms with Crippen molar-refractivity contribution in [2.24, 2.45) is 0 Å². The van der Waals surface area contributed by atoms with E-state index >= 15 is 0 Å². The number of thiazole rings is 1. The van der Waals surface area contributed by atoms with Gasteiger partial charge in [-0.05, 0) is 12.1 Å². The van der Waals surface area contributed by atoms with E-state index in [2.05, 4.69) is 36.5 Å². The molecule has 3 nitrogen and oxygen atoms in total. The van der Waals surface area contributed by atoms with Crippen molar-refractivity contribution in [1.29, 1.82) is 0 Å². The molecule has 0 amide bonds. The summed E-state index contributed by atoms with van der Waals surface area (Å²) in [7, 11) is 1.61. The topological polar surface area (TPSA) is 34.1 Å². The number of rotatable bonds is 4. The number of hydrogen-bond acceptors (Lipinski definition) is 4. The van der Waals surface area contributed by atoms with Gasteiger partial charge in [0.25, 0.3) is 0 Å². The fraction of sp³-hybridized carbons (Fsp3) is 0.400. The van der Waals surface area contributed by atoms with Gasteiger partial charge in [-0.15, -0.1) is 11.3 Å². The molecule has 2 rings (SSSR count). The Morgan fingerprint density at radius 2 is 2.10 bits per heavy atom. The lowest BCUT2D eigenvalue weighted by molar-refractivity contribution is 0.415. The molecule has 0 fully saturated rings. The minimum atomic E-state index is 0.104. The highest BCUT2D eigenvalue weighted by Gasteiger charge is 2.17. The molecule has 0 aliphatic rings. The van der Waals surface area contributed by atoms with E-state index in [1.807, 2.05) is 18.2 Å². The van der Waals surface area contributed by atoms with Crippen molar-refractivity contribution in [3.05, 3.63) is 39.3 Å². The fourth-order valence-corrected chi connectivity index (χ4v) is 2.80. The number of nitrogens with zero attached hydrogens (tertiary/aromatic N) is 1. The van der Waals surface area contributed by atoms with Crippen LogP contribution in [0.2, 0.25) is 5.02 Å². The third kappa shape index (κ3) is 3.64. The van der Waals surface area contributed by atoms with Crippen LogP contribution in [0.25, 0.3) is 0 Å². The minimum absolute atomic E-state index is 0.104. The van der Waals surface area contributed by atoms with Gasteiger partial charge in [-0.25, -0.2) is 4.98 Å². The third-order valence-electron chi connectivity index (χ3n) is 2.82. The number of anilines is 1. The predicted molar refractivity (Wildman–Crippen MR) is 86.1 cm³/mol. The summed E-state index contributed by atoms with van der Waals surface area (Å²) in [6.07, 6.45) is 0. The maximum atomic E-state index is 6.00. The van der Waals surface area contributed by atoms with Crippen LogP contribution in [-0.4, -0.2) is 12.1 Å². The van der Waals surface area contributed by atoms with E-state index in [1.54, 1.807) is 18.4 Å². The van der Waals surface area contributed by atoms with Crippen molar-refractivity contribution >= 4 is 28.6 Å². The van der Waals surface area contributed by atoms with Gasteiger partial charge in [-0.3, -0.25) is 0 Å². The Labute approximate surface area is 129 Å². The van der Waals surface area contributed by atoms with Crippen LogP contribution in [0.1, 0.15) is 31.5 Å². The Bertz CT molecular complexity index is 590. The lowest BCUT2D eigenvalue weighted by Gasteiger charge is -2.13. The first-order chi connectivity index (χ1) is 9.40. The molecule has 0 radical (unpaired) electrons. The third-order valence-corrected chi connectivity index (χ3v) is 4.45. The zero-order valence-corrected chi connectivity index (χ0v) is 13.7. The lowest BCUT2D eigenvalue weighted by Crippen LogP contribution is -2.11. The molecule has 1 aromatic carbocycles. The first kappa shape index (κ1) is 15.1. The quantitative estimate of drug-likeness (QED) is 0.887. The molecule has 2 aromatic rings. The van der Waals surface area contributed by atoms with Gasteiger partial charge in [-0.1, -0.05) is 32.4 Å². The highest BCUT2D eigenvalue weighted by molar-refractivity contribution is 7.09. The second-order valence-electron chi connectivity index (χ2n) is 5.60. The molecule has 0 aliphatic heterocycles. The number of benzene rings is 1. The minimum Gasteiger partial charge on any atom is -0.495 e. The summed E-state index contributed by atoms with van der Waals surface area (Å²) >= 11 is 7.71. The average Bonchev–Trinajstić information content (AvgIpc) is 2.86. The molecule has 5 heteroatoms. The highest BCUT2D eigenvalue weighted by atomic mass is 35.5. The molecular weight excluding hydrogens is 292 g/mol. The Morgan fingerprint density at radius 3 is 2.70 bits per heavy atom. The Kier molecular flexibility index (Phi) is 4.55. The second kappa shape index (κ2) is 6.02. The molecule has 0 spiro atoms. The molecule has 1 aromatic heterocycles. The van der Waals surface area contributed by atoms with E-state index in [9.17, 15) is 0 Å². The smallest absolute Gasteiger partial charge is 0.139 e. The van der Waals surface area contributed by atoms with Gasteiger partial charge in [0, 0.05) is 22.5 Å². The second-order valence-corrected chi connectivity index (χ2v) is 6.86. The molecule has 108 valence electrons. The van der Waals surface area contributed by atoms with Crippen molar-refractivity contribution in [3.63, 3.8) is 0 Å². The lowest BCUT2D eigenvalue weighted by atomic mass is 9.98. The Hall–Kier alpha value is -1.26. The van der Waals surface area contributed by atoms with Crippen LogP contribution in [0.4, 0.5) is 5.69 Å². The van der Waals surface area contributed by atoms with Crippen molar-refractivity contribution in [1.82, 2.24) is 4.98 Å². The van der Waals surface area contributed by atoms with Gasteiger partial charge in [0.15, 0.2) is 0 Å². The summed E-state index contributed by atoms with van der Waals surface area (Å²) in [5, 5.41) is 7.20. The first-order valence-electron chi connectivity index (χ1n) is 6.42. The fourth-order valence-electron chi connectivity index (χ4n) is 1.70. The van der Waals surface area contributed by atoms with E-state index in [-0.39, 0.29) is 5.41 Å². The Morgan fingerprint density at radius 1 is 1.35 bits per heavy atom. The first-order valence-corrected chi connectivity index (χ1v) is 7.68. The average molecular weight is 311 g/mol. The van der Waals surface area contributed by atoms with Crippen LogP contribution >= 0.6 is 22.9 Å². The molecule has 20 heavy (non-hydrogen) atoms. The summed E-state index contributed by atoms with van der Waals surface area (Å²) in [6.45, 7) is 7.21. The molecule has 1 N–H and O–H groups in total. The number of halogens is 1. The largest absolute Gasteiger partial charge is 0.495 e. The summed E-state index contributed by atoms with van der Waals surface area (Å²) in [5.74, 6) is 0.672. The number of nitrogens with one attached hydrogen (secondary N) is 1. The van der Waals surface area contributed by atoms with E-state index in [4.69, 9.17) is 16.3 Å². The maximum absolute atomic E-state index is 6.00. The summed E-state index contributed by atoms with van der Waals surface area (Å²) in [5.41, 5.74) is 2.12. The van der Waals surface area contributed by atoms with Gasteiger partial charge in [0.05, 0.1) is 29.4 Å². The monoisotopic (exact) mass is 310 g/mol. The van der Waals surface area contributed by atoms with Crippen LogP contribution < -0.4 is 10.1 Å². The SMILES string of the molecule is COc1cc(NCc2csc(C(C)(C)C)n2)ccc1Cl. The zero-order valence-electron chi connectivity index (χ0n) is 12.2. The van der Waals surface area contributed by atoms with Crippen LogP contribution in [-0.2, 0) is 12.0 Å². The molecule has 0 unspecified atom stereocenters. The van der Waals surface area contributed by atoms with Crippen LogP contribution in [0.15, 0.2) is 23.6 Å². The normalized spacial score (nSPS) is 11.4. The molecule has 0 saturated heterocycles. The van der Waals surface area contributed by atoms with Crippen molar-refractivity contribution < 1.29 is 4.74 Å². The maximum Gasteiger partial charge on any atom is 0.139 e. The van der Waals surface area contributed by atoms with E-state index < -0.39 is 0 Å². The van der Waals surface area contributed by atoms with Crippen LogP contribution in [0, 0.1) is 0 Å². The standard InChI is InChI=1S/C15H19ClN2OS/c1-15(2,3)14-18-11(9-20-14)8-17-10-5-6-12(16)13(7-10)19-4/h5-7,9,17H,8H2,1-4H3. The predicted octanol–water partition coefficient (Wildman–Crippen LogP) is 4.71. The van der Waals surface area contributed by atoms with Crippen molar-refractivity contribution in [2.75, 3.05) is 12.4 Å². The van der Waals surface area contributed by atoms with Gasteiger partial charge in [0.1, 0.15) is 5.75 Å². The number of hydrogen-bond donors (Lipinski definition) is 1. The molecule has 0 bridgehead atoms. The summed E-state index contributed by atoms with van der Waals surface area (Å²) in [4.78, 5) is 4.66. The van der Waals surface area contributed by atoms with Gasteiger partial charge in [-0.2, -0.15) is 0 Å². The number of aromatic nitrogens is 1. The van der Waals surface area contributed by atoms with Gasteiger partial charge in [0.2, 0.25) is 0 Å². The highest BCUT2D eigenvalue weighted by Crippen LogP contribution is 2.28. The zero-order chi connectivity index (χ0) is 14.8. The Balaban J connectivity index is 2.04. The number of ether oxygens (including phenoxy) is 1. The van der Waals surface area contributed by atoms with Crippen LogP contribution in [0.5, 0.6) is 5.75 Å². The molecule has 1 heterocycles. The van der Waals surface area contributed by atoms with Crippen LogP contribution in [0.3, 0.4) is 0 Å². The van der Waals surface area contributed by atoms with Gasteiger partial charge < -0.3 is 10.1 Å². The molecular formula is C15H19ClN2OS. The number of methoxy groups -OCH3 is 1.